The largest absolute Gasteiger partial charge is 0.387 e. The zero-order valence-corrected chi connectivity index (χ0v) is 12.7. The second kappa shape index (κ2) is 7.14. The van der Waals surface area contributed by atoms with Gasteiger partial charge in [0.25, 0.3) is 5.91 Å². The van der Waals surface area contributed by atoms with Gasteiger partial charge in [-0.3, -0.25) is 4.79 Å². The molecule has 1 aromatic carbocycles. The molecule has 21 heavy (non-hydrogen) atoms. The summed E-state index contributed by atoms with van der Waals surface area (Å²) in [5.41, 5.74) is 1.59. The minimum absolute atomic E-state index is 0.0681. The fourth-order valence-corrected chi connectivity index (χ4v) is 2.49. The SMILES string of the molecule is Cc1ccc(NC(=O)/C(C#N)=C\NC2CCCC2)cc1Cl. The van der Waals surface area contributed by atoms with Crippen molar-refractivity contribution in [3.05, 3.63) is 40.6 Å². The molecule has 0 radical (unpaired) electrons. The van der Waals surface area contributed by atoms with Gasteiger partial charge in [0.15, 0.2) is 0 Å². The predicted octanol–water partition coefficient (Wildman–Crippen LogP) is 3.53. The fourth-order valence-electron chi connectivity index (χ4n) is 2.31. The van der Waals surface area contributed by atoms with Crippen LogP contribution in [0.3, 0.4) is 0 Å². The Morgan fingerprint density at radius 1 is 1.43 bits per heavy atom. The zero-order chi connectivity index (χ0) is 15.2. The van der Waals surface area contributed by atoms with Crippen LogP contribution in [0, 0.1) is 18.3 Å². The molecular weight excluding hydrogens is 286 g/mol. The molecule has 5 heteroatoms. The third kappa shape index (κ3) is 4.24. The van der Waals surface area contributed by atoms with E-state index in [2.05, 4.69) is 10.6 Å². The Morgan fingerprint density at radius 2 is 2.14 bits per heavy atom. The first-order valence-electron chi connectivity index (χ1n) is 7.04. The normalized spacial score (nSPS) is 15.6. The number of nitrogens with one attached hydrogen (secondary N) is 2. The highest BCUT2D eigenvalue weighted by Crippen LogP contribution is 2.20. The highest BCUT2D eigenvalue weighted by atomic mass is 35.5. The molecule has 0 heterocycles. The van der Waals surface area contributed by atoms with Gasteiger partial charge in [-0.1, -0.05) is 30.5 Å². The Morgan fingerprint density at radius 3 is 2.76 bits per heavy atom. The number of nitriles is 1. The van der Waals surface area contributed by atoms with Gasteiger partial charge in [-0.15, -0.1) is 0 Å². The van der Waals surface area contributed by atoms with Crippen LogP contribution in [0.2, 0.25) is 5.02 Å². The van der Waals surface area contributed by atoms with Crippen LogP contribution in [0.25, 0.3) is 0 Å². The van der Waals surface area contributed by atoms with E-state index < -0.39 is 5.91 Å². The fraction of sp³-hybridized carbons (Fsp3) is 0.375. The van der Waals surface area contributed by atoms with Crippen LogP contribution in [-0.4, -0.2) is 11.9 Å². The van der Waals surface area contributed by atoms with Crippen molar-refractivity contribution in [1.82, 2.24) is 5.32 Å². The molecule has 1 amide bonds. The lowest BCUT2D eigenvalue weighted by Crippen LogP contribution is -2.23. The van der Waals surface area contributed by atoms with Crippen LogP contribution >= 0.6 is 11.6 Å². The summed E-state index contributed by atoms with van der Waals surface area (Å²) >= 11 is 6.01. The second-order valence-electron chi connectivity index (χ2n) is 5.24. The molecule has 110 valence electrons. The second-order valence-corrected chi connectivity index (χ2v) is 5.64. The van der Waals surface area contributed by atoms with Crippen molar-refractivity contribution in [2.75, 3.05) is 5.32 Å². The quantitative estimate of drug-likeness (QED) is 0.660. The van der Waals surface area contributed by atoms with Gasteiger partial charge in [-0.25, -0.2) is 0 Å². The molecule has 1 aliphatic rings. The van der Waals surface area contributed by atoms with Crippen molar-refractivity contribution in [2.45, 2.75) is 38.6 Å². The van der Waals surface area contributed by atoms with Crippen molar-refractivity contribution in [3.63, 3.8) is 0 Å². The monoisotopic (exact) mass is 303 g/mol. The van der Waals surface area contributed by atoms with Crippen LogP contribution in [0.1, 0.15) is 31.2 Å². The Bertz CT molecular complexity index is 598. The molecular formula is C16H18ClN3O. The van der Waals surface area contributed by atoms with E-state index in [9.17, 15) is 4.79 Å². The topological polar surface area (TPSA) is 64.9 Å². The lowest BCUT2D eigenvalue weighted by atomic mass is 10.2. The van der Waals surface area contributed by atoms with Gasteiger partial charge < -0.3 is 10.6 Å². The molecule has 4 nitrogen and oxygen atoms in total. The van der Waals surface area contributed by atoms with E-state index in [0.29, 0.717) is 16.8 Å². The summed E-state index contributed by atoms with van der Waals surface area (Å²) in [7, 11) is 0. The Hall–Kier alpha value is -1.99. The van der Waals surface area contributed by atoms with Crippen LogP contribution in [0.4, 0.5) is 5.69 Å². The molecule has 1 aliphatic carbocycles. The molecule has 2 rings (SSSR count). The van der Waals surface area contributed by atoms with Gasteiger partial charge in [-0.05, 0) is 37.5 Å². The van der Waals surface area contributed by atoms with E-state index >= 15 is 0 Å². The van der Waals surface area contributed by atoms with E-state index in [1.807, 2.05) is 19.1 Å². The van der Waals surface area contributed by atoms with Gasteiger partial charge >= 0.3 is 0 Å². The Labute approximate surface area is 129 Å². The molecule has 0 aliphatic heterocycles. The van der Waals surface area contributed by atoms with Crippen molar-refractivity contribution in [1.29, 1.82) is 5.26 Å². The van der Waals surface area contributed by atoms with Crippen LogP contribution in [0.15, 0.2) is 30.0 Å². The van der Waals surface area contributed by atoms with Crippen molar-refractivity contribution in [3.8, 4) is 6.07 Å². The molecule has 1 fully saturated rings. The van der Waals surface area contributed by atoms with Crippen molar-refractivity contribution < 1.29 is 4.79 Å². The number of carbonyl (C=O) groups excluding carboxylic acids is 1. The Kier molecular flexibility index (Phi) is 5.24. The van der Waals surface area contributed by atoms with E-state index in [1.54, 1.807) is 12.1 Å². The standard InChI is InChI=1S/C16H18ClN3O/c1-11-6-7-14(8-15(11)17)20-16(21)12(9-18)10-19-13-4-2-3-5-13/h6-8,10,13,19H,2-5H2,1H3,(H,20,21)/b12-10-. The number of rotatable bonds is 4. The summed E-state index contributed by atoms with van der Waals surface area (Å²) < 4.78 is 0. The third-order valence-electron chi connectivity index (χ3n) is 3.61. The summed E-state index contributed by atoms with van der Waals surface area (Å²) in [6.45, 7) is 1.89. The number of nitrogens with zero attached hydrogens (tertiary/aromatic N) is 1. The maximum absolute atomic E-state index is 12.1. The molecule has 2 N–H and O–H groups in total. The summed E-state index contributed by atoms with van der Waals surface area (Å²) in [6, 6.07) is 7.56. The molecule has 0 unspecified atom stereocenters. The van der Waals surface area contributed by atoms with Gasteiger partial charge in [0.05, 0.1) is 0 Å². The highest BCUT2D eigenvalue weighted by molar-refractivity contribution is 6.31. The predicted molar refractivity (Wildman–Crippen MR) is 83.9 cm³/mol. The van der Waals surface area contributed by atoms with Gasteiger partial charge in [0, 0.05) is 23.0 Å². The van der Waals surface area contributed by atoms with Crippen molar-refractivity contribution in [2.24, 2.45) is 0 Å². The number of benzene rings is 1. The molecule has 0 spiro atoms. The molecule has 1 saturated carbocycles. The average molecular weight is 304 g/mol. The highest BCUT2D eigenvalue weighted by Gasteiger charge is 2.15. The lowest BCUT2D eigenvalue weighted by Gasteiger charge is -2.10. The van der Waals surface area contributed by atoms with E-state index in [4.69, 9.17) is 16.9 Å². The smallest absolute Gasteiger partial charge is 0.267 e. The average Bonchev–Trinajstić information content (AvgIpc) is 2.97. The summed E-state index contributed by atoms with van der Waals surface area (Å²) in [4.78, 5) is 12.1. The minimum Gasteiger partial charge on any atom is -0.387 e. The number of anilines is 1. The van der Waals surface area contributed by atoms with Gasteiger partial charge in [0.1, 0.15) is 11.6 Å². The van der Waals surface area contributed by atoms with Gasteiger partial charge in [-0.2, -0.15) is 5.26 Å². The summed E-state index contributed by atoms with van der Waals surface area (Å²) in [5, 5.41) is 15.5. The van der Waals surface area contributed by atoms with E-state index in [-0.39, 0.29) is 5.57 Å². The van der Waals surface area contributed by atoms with Crippen LogP contribution < -0.4 is 10.6 Å². The maximum Gasteiger partial charge on any atom is 0.267 e. The first-order valence-corrected chi connectivity index (χ1v) is 7.42. The third-order valence-corrected chi connectivity index (χ3v) is 4.02. The van der Waals surface area contributed by atoms with Crippen LogP contribution in [0.5, 0.6) is 0 Å². The summed E-state index contributed by atoms with van der Waals surface area (Å²) in [5.74, 6) is -0.428. The Balaban J connectivity index is 2.00. The summed E-state index contributed by atoms with van der Waals surface area (Å²) in [6.07, 6.45) is 6.08. The van der Waals surface area contributed by atoms with E-state index in [0.717, 1.165) is 18.4 Å². The molecule has 0 saturated heterocycles. The van der Waals surface area contributed by atoms with Crippen molar-refractivity contribution >= 4 is 23.2 Å². The number of carbonyl (C=O) groups is 1. The number of hydrogen-bond donors (Lipinski definition) is 2. The zero-order valence-electron chi connectivity index (χ0n) is 11.9. The minimum atomic E-state index is -0.428. The maximum atomic E-state index is 12.1. The number of aryl methyl sites for hydroxylation is 1. The number of amides is 1. The molecule has 0 atom stereocenters. The lowest BCUT2D eigenvalue weighted by molar-refractivity contribution is -0.112. The van der Waals surface area contributed by atoms with E-state index in [1.165, 1.54) is 19.0 Å². The first kappa shape index (κ1) is 15.4. The number of halogens is 1. The molecule has 0 aromatic heterocycles. The van der Waals surface area contributed by atoms with Crippen LogP contribution in [-0.2, 0) is 4.79 Å². The van der Waals surface area contributed by atoms with Gasteiger partial charge in [0.2, 0.25) is 0 Å². The molecule has 0 bridgehead atoms. The molecule has 1 aromatic rings. The number of hydrogen-bond acceptors (Lipinski definition) is 3. The first-order chi connectivity index (χ1) is 10.1.